The fourth-order valence-corrected chi connectivity index (χ4v) is 1.81. The van der Waals surface area contributed by atoms with Crippen molar-refractivity contribution in [3.8, 4) is 11.9 Å². The van der Waals surface area contributed by atoms with E-state index in [1.54, 1.807) is 12.3 Å². The van der Waals surface area contributed by atoms with Crippen molar-refractivity contribution < 1.29 is 14.0 Å². The number of ether oxygens (including phenoxy) is 1. The summed E-state index contributed by atoms with van der Waals surface area (Å²) in [5, 5.41) is 9.21. The molecular weight excluding hydrogens is 243 g/mol. The van der Waals surface area contributed by atoms with Gasteiger partial charge in [0.15, 0.2) is 0 Å². The predicted molar refractivity (Wildman–Crippen MR) is 71.2 cm³/mol. The molecule has 1 aromatic heterocycles. The summed E-state index contributed by atoms with van der Waals surface area (Å²) in [5.74, 6) is 0.400. The van der Waals surface area contributed by atoms with Crippen LogP contribution in [0.4, 0.5) is 0 Å². The molecule has 0 unspecified atom stereocenters. The Kier molecular flexibility index (Phi) is 3.29. The van der Waals surface area contributed by atoms with Crippen LogP contribution in [0.3, 0.4) is 0 Å². The Bertz CT molecular complexity index is 521. The lowest BCUT2D eigenvalue weighted by molar-refractivity contribution is 0.00578. The first-order valence-corrected chi connectivity index (χ1v) is 6.10. The summed E-state index contributed by atoms with van der Waals surface area (Å²) < 4.78 is 16.8. The van der Waals surface area contributed by atoms with Gasteiger partial charge in [0.05, 0.1) is 29.9 Å². The van der Waals surface area contributed by atoms with Crippen molar-refractivity contribution >= 4 is 12.6 Å². The number of nitrogens with zero attached hydrogens (tertiary/aromatic N) is 2. The lowest BCUT2D eigenvalue weighted by atomic mass is 9.77. The molecule has 1 fully saturated rings. The number of rotatable bonds is 2. The molecule has 0 amide bonds. The van der Waals surface area contributed by atoms with Crippen LogP contribution in [0.15, 0.2) is 12.3 Å². The summed E-state index contributed by atoms with van der Waals surface area (Å²) in [5.41, 5.74) is 0.196. The van der Waals surface area contributed by atoms with E-state index in [0.717, 1.165) is 0 Å². The highest BCUT2D eigenvalue weighted by molar-refractivity contribution is 6.62. The minimum absolute atomic E-state index is 0.400. The highest BCUT2D eigenvalue weighted by atomic mass is 16.7. The molecule has 1 aliphatic heterocycles. The van der Waals surface area contributed by atoms with E-state index in [9.17, 15) is 5.26 Å². The van der Waals surface area contributed by atoms with Crippen molar-refractivity contribution in [1.82, 2.24) is 4.98 Å². The van der Waals surface area contributed by atoms with Crippen molar-refractivity contribution in [3.63, 3.8) is 0 Å². The molecule has 0 atom stereocenters. The van der Waals surface area contributed by atoms with Gasteiger partial charge < -0.3 is 14.0 Å². The fraction of sp³-hybridized carbons (Fsp3) is 0.538. The third kappa shape index (κ3) is 2.31. The molecule has 0 radical (unpaired) electrons. The topological polar surface area (TPSA) is 64.4 Å². The van der Waals surface area contributed by atoms with Crippen LogP contribution in [-0.4, -0.2) is 30.4 Å². The molecule has 2 rings (SSSR count). The maximum absolute atomic E-state index is 9.21. The van der Waals surface area contributed by atoms with Gasteiger partial charge in [0.1, 0.15) is 0 Å². The maximum atomic E-state index is 9.21. The predicted octanol–water partition coefficient (Wildman–Crippen LogP) is 1.26. The van der Waals surface area contributed by atoms with Crippen LogP contribution in [0, 0.1) is 11.3 Å². The first-order chi connectivity index (χ1) is 8.80. The zero-order valence-corrected chi connectivity index (χ0v) is 11.9. The number of hydrogen-bond donors (Lipinski definition) is 0. The maximum Gasteiger partial charge on any atom is 0.497 e. The molecule has 2 heterocycles. The molecule has 100 valence electrons. The number of pyridine rings is 1. The normalized spacial score (nSPS) is 20.1. The second-order valence-electron chi connectivity index (χ2n) is 5.51. The molecule has 19 heavy (non-hydrogen) atoms. The Morgan fingerprint density at radius 3 is 2.32 bits per heavy atom. The van der Waals surface area contributed by atoms with Crippen molar-refractivity contribution in [2.24, 2.45) is 0 Å². The second kappa shape index (κ2) is 4.51. The first-order valence-electron chi connectivity index (χ1n) is 6.10. The third-order valence-electron chi connectivity index (χ3n) is 3.75. The molecule has 1 aliphatic rings. The number of aromatic nitrogens is 1. The van der Waals surface area contributed by atoms with Gasteiger partial charge in [-0.15, -0.1) is 0 Å². The Morgan fingerprint density at radius 2 is 1.84 bits per heavy atom. The van der Waals surface area contributed by atoms with Crippen LogP contribution in [-0.2, 0) is 9.31 Å². The summed E-state index contributed by atoms with van der Waals surface area (Å²) in [7, 11) is 0.927. The highest BCUT2D eigenvalue weighted by Crippen LogP contribution is 2.36. The number of nitriles is 1. The van der Waals surface area contributed by atoms with Crippen molar-refractivity contribution in [2.75, 3.05) is 7.11 Å². The lowest BCUT2D eigenvalue weighted by Crippen LogP contribution is -2.41. The van der Waals surface area contributed by atoms with Gasteiger partial charge in [-0.25, -0.2) is 4.98 Å². The van der Waals surface area contributed by atoms with Gasteiger partial charge >= 0.3 is 7.12 Å². The van der Waals surface area contributed by atoms with Gasteiger partial charge in [0.2, 0.25) is 5.88 Å². The molecule has 0 saturated carbocycles. The average molecular weight is 260 g/mol. The molecule has 6 heteroatoms. The third-order valence-corrected chi connectivity index (χ3v) is 3.75. The highest BCUT2D eigenvalue weighted by Gasteiger charge is 2.52. The van der Waals surface area contributed by atoms with Crippen LogP contribution < -0.4 is 10.2 Å². The first kappa shape index (κ1) is 13.8. The Balaban J connectivity index is 2.37. The van der Waals surface area contributed by atoms with Crippen molar-refractivity contribution in [2.45, 2.75) is 38.9 Å². The summed E-state index contributed by atoms with van der Waals surface area (Å²) in [6, 6.07) is 3.71. The van der Waals surface area contributed by atoms with E-state index >= 15 is 0 Å². The zero-order chi connectivity index (χ0) is 14.3. The summed E-state index contributed by atoms with van der Waals surface area (Å²) in [6.45, 7) is 7.87. The molecule has 0 spiro atoms. The Labute approximate surface area is 113 Å². The zero-order valence-electron chi connectivity index (χ0n) is 11.9. The van der Waals surface area contributed by atoms with Crippen LogP contribution in [0.25, 0.3) is 0 Å². The minimum atomic E-state index is -0.585. The van der Waals surface area contributed by atoms with Crippen LogP contribution in [0.1, 0.15) is 33.3 Å². The average Bonchev–Trinajstić information content (AvgIpc) is 2.57. The number of methoxy groups -OCH3 is 1. The standard InChI is InChI=1S/C13H17BN2O3/c1-12(2)13(3,4)19-14(18-12)10-8-16-11(17-5)6-9(10)7-15/h6,8H,1-5H3. The van der Waals surface area contributed by atoms with E-state index in [0.29, 0.717) is 16.9 Å². The van der Waals surface area contributed by atoms with Crippen LogP contribution >= 0.6 is 0 Å². The van der Waals surface area contributed by atoms with E-state index in [-0.39, 0.29) is 0 Å². The van der Waals surface area contributed by atoms with Gasteiger partial charge in [-0.2, -0.15) is 5.26 Å². The molecule has 0 aliphatic carbocycles. The summed E-state index contributed by atoms with van der Waals surface area (Å²) >= 11 is 0. The summed E-state index contributed by atoms with van der Waals surface area (Å²) in [6.07, 6.45) is 1.57. The second-order valence-corrected chi connectivity index (χ2v) is 5.51. The van der Waals surface area contributed by atoms with Gasteiger partial charge in [0.25, 0.3) is 0 Å². The Morgan fingerprint density at radius 1 is 1.26 bits per heavy atom. The molecule has 0 N–H and O–H groups in total. The van der Waals surface area contributed by atoms with Gasteiger partial charge in [-0.3, -0.25) is 0 Å². The minimum Gasteiger partial charge on any atom is -0.481 e. The molecular formula is C13H17BN2O3. The van der Waals surface area contributed by atoms with Gasteiger partial charge in [0, 0.05) is 17.7 Å². The van der Waals surface area contributed by atoms with E-state index in [4.69, 9.17) is 14.0 Å². The molecule has 1 aromatic rings. The van der Waals surface area contributed by atoms with E-state index in [1.165, 1.54) is 7.11 Å². The smallest absolute Gasteiger partial charge is 0.481 e. The largest absolute Gasteiger partial charge is 0.497 e. The van der Waals surface area contributed by atoms with Crippen LogP contribution in [0.5, 0.6) is 5.88 Å². The summed E-state index contributed by atoms with van der Waals surface area (Å²) in [4.78, 5) is 4.11. The molecule has 0 aromatic carbocycles. The Hall–Kier alpha value is -1.58. The van der Waals surface area contributed by atoms with Crippen molar-refractivity contribution in [1.29, 1.82) is 5.26 Å². The van der Waals surface area contributed by atoms with E-state index < -0.39 is 18.3 Å². The monoisotopic (exact) mass is 260 g/mol. The molecule has 1 saturated heterocycles. The lowest BCUT2D eigenvalue weighted by Gasteiger charge is -2.32. The van der Waals surface area contributed by atoms with Gasteiger partial charge in [-0.1, -0.05) is 0 Å². The van der Waals surface area contributed by atoms with Crippen LogP contribution in [0.2, 0.25) is 0 Å². The molecule has 5 nitrogen and oxygen atoms in total. The number of hydrogen-bond acceptors (Lipinski definition) is 5. The van der Waals surface area contributed by atoms with Gasteiger partial charge in [-0.05, 0) is 27.7 Å². The van der Waals surface area contributed by atoms with Crippen molar-refractivity contribution in [3.05, 3.63) is 17.8 Å². The fourth-order valence-electron chi connectivity index (χ4n) is 1.81. The van der Waals surface area contributed by atoms with E-state index in [1.807, 2.05) is 27.7 Å². The molecule has 0 bridgehead atoms. The quantitative estimate of drug-likeness (QED) is 0.749. The SMILES string of the molecule is COc1cc(C#N)c(B2OC(C)(C)C(C)(C)O2)cn1. The van der Waals surface area contributed by atoms with E-state index in [2.05, 4.69) is 11.1 Å².